The summed E-state index contributed by atoms with van der Waals surface area (Å²) in [5.41, 5.74) is 3.28. The van der Waals surface area contributed by atoms with Gasteiger partial charge < -0.3 is 5.32 Å². The number of hydrogen-bond donors (Lipinski definition) is 1. The topological polar surface area (TPSA) is 69.7 Å². The SMILES string of the molecule is CN(CC(=O)Nc1ccc(S(=O)(=O)N2CCCCC2)cc1)C1CCc2ccccc21. The van der Waals surface area contributed by atoms with Crippen molar-refractivity contribution in [3.63, 3.8) is 0 Å². The van der Waals surface area contributed by atoms with Gasteiger partial charge in [-0.3, -0.25) is 9.69 Å². The molecule has 2 aromatic rings. The largest absolute Gasteiger partial charge is 0.325 e. The second-order valence-electron chi connectivity index (χ2n) is 8.21. The van der Waals surface area contributed by atoms with Gasteiger partial charge in [-0.2, -0.15) is 4.31 Å². The quantitative estimate of drug-likeness (QED) is 0.767. The van der Waals surface area contributed by atoms with Crippen LogP contribution in [0.2, 0.25) is 0 Å². The van der Waals surface area contributed by atoms with Crippen LogP contribution in [0.4, 0.5) is 5.69 Å². The van der Waals surface area contributed by atoms with Crippen molar-refractivity contribution >= 4 is 21.6 Å². The van der Waals surface area contributed by atoms with Crippen LogP contribution >= 0.6 is 0 Å². The highest BCUT2D eigenvalue weighted by Gasteiger charge is 2.27. The fraction of sp³-hybridized carbons (Fsp3) is 0.435. The second-order valence-corrected chi connectivity index (χ2v) is 10.1. The molecule has 2 aromatic carbocycles. The number of sulfonamides is 1. The molecule has 1 unspecified atom stereocenters. The van der Waals surface area contributed by atoms with Crippen LogP contribution in [0.25, 0.3) is 0 Å². The van der Waals surface area contributed by atoms with E-state index in [0.717, 1.165) is 32.1 Å². The predicted molar refractivity (Wildman–Crippen MR) is 118 cm³/mol. The second kappa shape index (κ2) is 8.88. The fourth-order valence-corrected chi connectivity index (χ4v) is 6.01. The third-order valence-corrected chi connectivity index (χ3v) is 8.03. The summed E-state index contributed by atoms with van der Waals surface area (Å²) in [6.07, 6.45) is 4.96. The number of likely N-dealkylation sites (N-methyl/N-ethyl adjacent to an activating group) is 1. The minimum Gasteiger partial charge on any atom is -0.325 e. The minimum atomic E-state index is -3.45. The molecule has 0 saturated carbocycles. The van der Waals surface area contributed by atoms with E-state index >= 15 is 0 Å². The summed E-state index contributed by atoms with van der Waals surface area (Å²) in [7, 11) is -1.48. The monoisotopic (exact) mass is 427 g/mol. The molecule has 1 saturated heterocycles. The highest BCUT2D eigenvalue weighted by molar-refractivity contribution is 7.89. The van der Waals surface area contributed by atoms with Crippen LogP contribution in [0.15, 0.2) is 53.4 Å². The van der Waals surface area contributed by atoms with Crippen LogP contribution in [0.5, 0.6) is 0 Å². The molecule has 6 nitrogen and oxygen atoms in total. The van der Waals surface area contributed by atoms with Gasteiger partial charge in [0, 0.05) is 24.8 Å². The zero-order valence-corrected chi connectivity index (χ0v) is 18.2. The van der Waals surface area contributed by atoms with Crippen molar-refractivity contribution in [2.24, 2.45) is 0 Å². The van der Waals surface area contributed by atoms with E-state index in [1.165, 1.54) is 11.1 Å². The Labute approximate surface area is 178 Å². The van der Waals surface area contributed by atoms with Crippen molar-refractivity contribution in [2.75, 3.05) is 32.0 Å². The number of rotatable bonds is 6. The smallest absolute Gasteiger partial charge is 0.243 e. The Hall–Kier alpha value is -2.22. The van der Waals surface area contributed by atoms with Gasteiger partial charge in [0.1, 0.15) is 0 Å². The molecule has 2 aliphatic rings. The van der Waals surface area contributed by atoms with Crippen molar-refractivity contribution in [3.8, 4) is 0 Å². The van der Waals surface area contributed by atoms with E-state index in [4.69, 9.17) is 0 Å². The molecule has 7 heteroatoms. The summed E-state index contributed by atoms with van der Waals surface area (Å²) in [5, 5.41) is 2.89. The molecule has 0 bridgehead atoms. The number of nitrogens with zero attached hydrogens (tertiary/aromatic N) is 2. The van der Waals surface area contributed by atoms with Crippen molar-refractivity contribution < 1.29 is 13.2 Å². The minimum absolute atomic E-state index is 0.103. The van der Waals surface area contributed by atoms with Crippen LogP contribution in [-0.4, -0.2) is 50.2 Å². The molecule has 1 aliphatic carbocycles. The average molecular weight is 428 g/mol. The molecule has 30 heavy (non-hydrogen) atoms. The number of amides is 1. The highest BCUT2D eigenvalue weighted by Crippen LogP contribution is 2.34. The molecule has 1 aliphatic heterocycles. The molecule has 1 N–H and O–H groups in total. The Kier molecular flexibility index (Phi) is 6.22. The Balaban J connectivity index is 1.36. The predicted octanol–water partition coefficient (Wildman–Crippen LogP) is 3.42. The molecular weight excluding hydrogens is 398 g/mol. The summed E-state index contributed by atoms with van der Waals surface area (Å²) in [5.74, 6) is -0.103. The maximum absolute atomic E-state index is 12.7. The van der Waals surface area contributed by atoms with Crippen molar-refractivity contribution in [2.45, 2.75) is 43.0 Å². The van der Waals surface area contributed by atoms with Gasteiger partial charge in [0.15, 0.2) is 0 Å². The lowest BCUT2D eigenvalue weighted by Gasteiger charge is -2.26. The number of piperidine rings is 1. The molecule has 0 radical (unpaired) electrons. The van der Waals surface area contributed by atoms with Gasteiger partial charge in [0.2, 0.25) is 15.9 Å². The molecule has 1 amide bonds. The lowest BCUT2D eigenvalue weighted by molar-refractivity contribution is -0.117. The molecule has 1 fully saturated rings. The Bertz CT molecular complexity index is 999. The summed E-state index contributed by atoms with van der Waals surface area (Å²) >= 11 is 0. The fourth-order valence-electron chi connectivity index (χ4n) is 4.49. The molecule has 1 heterocycles. The molecular formula is C23H29N3O3S. The molecule has 0 spiro atoms. The standard InChI is InChI=1S/C23H29N3O3S/c1-25(22-14-9-18-7-3-4-8-21(18)22)17-23(27)24-19-10-12-20(13-11-19)30(28,29)26-15-5-2-6-16-26/h3-4,7-8,10-13,22H,2,5-6,9,14-17H2,1H3,(H,24,27). The Morgan fingerprint density at radius 3 is 2.50 bits per heavy atom. The number of benzene rings is 2. The number of nitrogens with one attached hydrogen (secondary N) is 1. The number of carbonyl (C=O) groups excluding carboxylic acids is 1. The normalized spacial score (nSPS) is 19.6. The van der Waals surface area contributed by atoms with E-state index in [1.807, 2.05) is 13.1 Å². The maximum atomic E-state index is 12.7. The Morgan fingerprint density at radius 2 is 1.77 bits per heavy atom. The number of fused-ring (bicyclic) bond motifs is 1. The molecule has 160 valence electrons. The first-order chi connectivity index (χ1) is 14.4. The van der Waals surface area contributed by atoms with E-state index < -0.39 is 10.0 Å². The lowest BCUT2D eigenvalue weighted by atomic mass is 10.1. The van der Waals surface area contributed by atoms with Gasteiger partial charge in [0.05, 0.1) is 11.4 Å². The summed E-state index contributed by atoms with van der Waals surface area (Å²) in [6, 6.07) is 15.1. The van der Waals surface area contributed by atoms with Gasteiger partial charge in [-0.05, 0) is 68.1 Å². The van der Waals surface area contributed by atoms with E-state index in [1.54, 1.807) is 28.6 Å². The van der Waals surface area contributed by atoms with Crippen LogP contribution in [0.1, 0.15) is 42.9 Å². The number of anilines is 1. The van der Waals surface area contributed by atoms with Crippen LogP contribution < -0.4 is 5.32 Å². The first-order valence-corrected chi connectivity index (χ1v) is 12.1. The van der Waals surface area contributed by atoms with Crippen molar-refractivity contribution in [1.82, 2.24) is 9.21 Å². The van der Waals surface area contributed by atoms with E-state index in [9.17, 15) is 13.2 Å². The number of hydrogen-bond acceptors (Lipinski definition) is 4. The summed E-state index contributed by atoms with van der Waals surface area (Å²) in [4.78, 5) is 14.9. The summed E-state index contributed by atoms with van der Waals surface area (Å²) in [6.45, 7) is 1.45. The number of carbonyl (C=O) groups is 1. The molecule has 4 rings (SSSR count). The average Bonchev–Trinajstić information content (AvgIpc) is 3.19. The first kappa shape index (κ1) is 21.0. The zero-order valence-electron chi connectivity index (χ0n) is 17.4. The third-order valence-electron chi connectivity index (χ3n) is 6.12. The zero-order chi connectivity index (χ0) is 21.1. The van der Waals surface area contributed by atoms with Gasteiger partial charge in [-0.1, -0.05) is 30.7 Å². The van der Waals surface area contributed by atoms with Gasteiger partial charge in [0.25, 0.3) is 0 Å². The van der Waals surface area contributed by atoms with Crippen LogP contribution in [-0.2, 0) is 21.2 Å². The van der Waals surface area contributed by atoms with Gasteiger partial charge in [-0.15, -0.1) is 0 Å². The van der Waals surface area contributed by atoms with Gasteiger partial charge in [-0.25, -0.2) is 8.42 Å². The number of aryl methyl sites for hydroxylation is 1. The van der Waals surface area contributed by atoms with Gasteiger partial charge >= 0.3 is 0 Å². The third kappa shape index (κ3) is 4.43. The maximum Gasteiger partial charge on any atom is 0.243 e. The van der Waals surface area contributed by atoms with Crippen molar-refractivity contribution in [1.29, 1.82) is 0 Å². The summed E-state index contributed by atoms with van der Waals surface area (Å²) < 4.78 is 27.0. The van der Waals surface area contributed by atoms with Crippen molar-refractivity contribution in [3.05, 3.63) is 59.7 Å². The lowest BCUT2D eigenvalue weighted by Crippen LogP contribution is -2.35. The molecule has 0 aromatic heterocycles. The molecule has 1 atom stereocenters. The van der Waals surface area contributed by atoms with E-state index in [0.29, 0.717) is 18.8 Å². The van der Waals surface area contributed by atoms with E-state index in [-0.39, 0.29) is 23.4 Å². The first-order valence-electron chi connectivity index (χ1n) is 10.6. The Morgan fingerprint density at radius 1 is 1.07 bits per heavy atom. The van der Waals surface area contributed by atoms with E-state index in [2.05, 4.69) is 28.4 Å². The highest BCUT2D eigenvalue weighted by atomic mass is 32.2. The van der Waals surface area contributed by atoms with Crippen LogP contribution in [0, 0.1) is 0 Å². The van der Waals surface area contributed by atoms with Crippen LogP contribution in [0.3, 0.4) is 0 Å².